The van der Waals surface area contributed by atoms with Crippen LogP contribution in [0.4, 0.5) is 0 Å². The summed E-state index contributed by atoms with van der Waals surface area (Å²) in [6.07, 6.45) is 3.92. The van der Waals surface area contributed by atoms with Crippen molar-refractivity contribution in [2.45, 2.75) is 39.2 Å². The van der Waals surface area contributed by atoms with Gasteiger partial charge in [-0.2, -0.15) is 0 Å². The average Bonchev–Trinajstić information content (AvgIpc) is 2.61. The van der Waals surface area contributed by atoms with E-state index in [1.54, 1.807) is 0 Å². The molecule has 1 N–H and O–H groups in total. The third-order valence-electron chi connectivity index (χ3n) is 4.30. The van der Waals surface area contributed by atoms with Gasteiger partial charge in [0.25, 0.3) is 0 Å². The van der Waals surface area contributed by atoms with Gasteiger partial charge in [0.2, 0.25) is 5.91 Å². The van der Waals surface area contributed by atoms with E-state index in [0.29, 0.717) is 13.2 Å². The first-order valence-electron chi connectivity index (χ1n) is 8.88. The topological polar surface area (TPSA) is 58.6 Å². The quantitative estimate of drug-likeness (QED) is 0.586. The van der Waals surface area contributed by atoms with Crippen molar-refractivity contribution in [2.75, 3.05) is 26.2 Å². The van der Waals surface area contributed by atoms with E-state index < -0.39 is 0 Å². The van der Waals surface area contributed by atoms with Crippen LogP contribution < -0.4 is 5.32 Å². The monoisotopic (exact) mass is 332 g/mol. The molecule has 0 spiro atoms. The Balaban J connectivity index is 1.71. The van der Waals surface area contributed by atoms with Gasteiger partial charge in [-0.25, -0.2) is 0 Å². The fraction of sp³-hybridized carbons (Fsp3) is 0.579. The van der Waals surface area contributed by atoms with Crippen LogP contribution in [0.5, 0.6) is 0 Å². The minimum absolute atomic E-state index is 0.0162. The SMILES string of the molecule is CCCCNC(=O)C1CCCN(CC(=O)OCc2ccccc2)C1. The molecule has 5 nitrogen and oxygen atoms in total. The normalized spacial score (nSPS) is 18.1. The molecule has 132 valence electrons. The van der Waals surface area contributed by atoms with Gasteiger partial charge >= 0.3 is 5.97 Å². The second-order valence-corrected chi connectivity index (χ2v) is 6.37. The highest BCUT2D eigenvalue weighted by Crippen LogP contribution is 2.16. The molecular formula is C19H28N2O3. The number of unbranched alkanes of at least 4 members (excludes halogenated alkanes) is 1. The van der Waals surface area contributed by atoms with Crippen LogP contribution in [-0.4, -0.2) is 43.0 Å². The first-order valence-corrected chi connectivity index (χ1v) is 8.88. The lowest BCUT2D eigenvalue weighted by molar-refractivity contribution is -0.147. The van der Waals surface area contributed by atoms with E-state index in [-0.39, 0.29) is 24.3 Å². The summed E-state index contributed by atoms with van der Waals surface area (Å²) in [5.41, 5.74) is 0.984. The number of hydrogen-bond acceptors (Lipinski definition) is 4. The predicted molar refractivity (Wildman–Crippen MR) is 93.3 cm³/mol. The summed E-state index contributed by atoms with van der Waals surface area (Å²) in [6.45, 7) is 4.89. The molecule has 1 aliphatic heterocycles. The van der Waals surface area contributed by atoms with Crippen molar-refractivity contribution in [3.8, 4) is 0 Å². The van der Waals surface area contributed by atoms with Crippen LogP contribution in [0.25, 0.3) is 0 Å². The Labute approximate surface area is 144 Å². The number of benzene rings is 1. The van der Waals surface area contributed by atoms with E-state index >= 15 is 0 Å². The molecule has 0 saturated carbocycles. The van der Waals surface area contributed by atoms with Crippen LogP contribution in [0.2, 0.25) is 0 Å². The number of ether oxygens (including phenoxy) is 1. The average molecular weight is 332 g/mol. The second-order valence-electron chi connectivity index (χ2n) is 6.37. The largest absolute Gasteiger partial charge is 0.460 e. The van der Waals surface area contributed by atoms with Crippen molar-refractivity contribution in [3.05, 3.63) is 35.9 Å². The Kier molecular flexibility index (Phi) is 7.75. The number of likely N-dealkylation sites (tertiary alicyclic amines) is 1. The number of piperidine rings is 1. The molecule has 1 fully saturated rings. The van der Waals surface area contributed by atoms with Crippen LogP contribution in [0, 0.1) is 5.92 Å². The Morgan fingerprint density at radius 2 is 2.08 bits per heavy atom. The summed E-state index contributed by atoms with van der Waals surface area (Å²) in [5, 5.41) is 2.99. The fourth-order valence-corrected chi connectivity index (χ4v) is 2.91. The number of amides is 1. The van der Waals surface area contributed by atoms with Gasteiger partial charge in [0.1, 0.15) is 6.61 Å². The summed E-state index contributed by atoms with van der Waals surface area (Å²) in [4.78, 5) is 26.2. The number of carbonyl (C=O) groups is 2. The molecule has 1 atom stereocenters. The maximum Gasteiger partial charge on any atom is 0.320 e. The predicted octanol–water partition coefficient (Wildman–Crippen LogP) is 2.36. The molecule has 1 aromatic carbocycles. The molecule has 1 aromatic rings. The fourth-order valence-electron chi connectivity index (χ4n) is 2.91. The summed E-state index contributed by atoms with van der Waals surface area (Å²) < 4.78 is 5.32. The third-order valence-corrected chi connectivity index (χ3v) is 4.30. The lowest BCUT2D eigenvalue weighted by Crippen LogP contribution is -2.45. The maximum absolute atomic E-state index is 12.2. The number of nitrogens with one attached hydrogen (secondary N) is 1. The Hall–Kier alpha value is -1.88. The third kappa shape index (κ3) is 6.32. The zero-order valence-corrected chi connectivity index (χ0v) is 14.5. The molecule has 5 heteroatoms. The molecule has 1 aliphatic rings. The smallest absolute Gasteiger partial charge is 0.320 e. The van der Waals surface area contributed by atoms with Gasteiger partial charge in [0.15, 0.2) is 0 Å². The van der Waals surface area contributed by atoms with Crippen molar-refractivity contribution in [1.82, 2.24) is 10.2 Å². The van der Waals surface area contributed by atoms with Crippen molar-refractivity contribution in [1.29, 1.82) is 0 Å². The van der Waals surface area contributed by atoms with E-state index in [4.69, 9.17) is 4.74 Å². The summed E-state index contributed by atoms with van der Waals surface area (Å²) >= 11 is 0. The van der Waals surface area contributed by atoms with Gasteiger partial charge in [-0.15, -0.1) is 0 Å². The highest BCUT2D eigenvalue weighted by atomic mass is 16.5. The van der Waals surface area contributed by atoms with Crippen LogP contribution in [0.15, 0.2) is 30.3 Å². The molecule has 1 unspecified atom stereocenters. The molecule has 0 aromatic heterocycles. The summed E-state index contributed by atoms with van der Waals surface area (Å²) in [7, 11) is 0. The summed E-state index contributed by atoms with van der Waals surface area (Å²) in [5.74, 6) is -0.130. The lowest BCUT2D eigenvalue weighted by atomic mass is 9.97. The molecule has 0 radical (unpaired) electrons. The second kappa shape index (κ2) is 10.1. The number of hydrogen-bond donors (Lipinski definition) is 1. The Bertz CT molecular complexity index is 519. The molecule has 1 saturated heterocycles. The van der Waals surface area contributed by atoms with Crippen molar-refractivity contribution < 1.29 is 14.3 Å². The minimum atomic E-state index is -0.231. The highest BCUT2D eigenvalue weighted by molar-refractivity contribution is 5.79. The first kappa shape index (κ1) is 18.5. The van der Waals surface area contributed by atoms with Crippen molar-refractivity contribution in [3.63, 3.8) is 0 Å². The maximum atomic E-state index is 12.2. The van der Waals surface area contributed by atoms with Crippen LogP contribution in [0.3, 0.4) is 0 Å². The van der Waals surface area contributed by atoms with E-state index in [9.17, 15) is 9.59 Å². The molecule has 1 heterocycles. The molecule has 2 rings (SSSR count). The molecule has 24 heavy (non-hydrogen) atoms. The Morgan fingerprint density at radius 3 is 2.83 bits per heavy atom. The van der Waals surface area contributed by atoms with E-state index in [0.717, 1.165) is 44.3 Å². The molecule has 0 aliphatic carbocycles. The number of rotatable bonds is 8. The van der Waals surface area contributed by atoms with E-state index in [2.05, 4.69) is 12.2 Å². The van der Waals surface area contributed by atoms with E-state index in [1.807, 2.05) is 35.2 Å². The highest BCUT2D eigenvalue weighted by Gasteiger charge is 2.26. The minimum Gasteiger partial charge on any atom is -0.460 e. The van der Waals surface area contributed by atoms with Gasteiger partial charge in [0.05, 0.1) is 12.5 Å². The molecule has 1 amide bonds. The standard InChI is InChI=1S/C19H28N2O3/c1-2-3-11-20-19(23)17-10-7-12-21(13-17)14-18(22)24-15-16-8-5-4-6-9-16/h4-6,8-9,17H,2-3,7,10-15H2,1H3,(H,20,23). The van der Waals surface area contributed by atoms with Gasteiger partial charge in [-0.3, -0.25) is 14.5 Å². The Morgan fingerprint density at radius 1 is 1.29 bits per heavy atom. The van der Waals surface area contributed by atoms with Crippen molar-refractivity contribution in [2.24, 2.45) is 5.92 Å². The number of carbonyl (C=O) groups excluding carboxylic acids is 2. The van der Waals surface area contributed by atoms with Crippen molar-refractivity contribution >= 4 is 11.9 Å². The summed E-state index contributed by atoms with van der Waals surface area (Å²) in [6, 6.07) is 9.66. The van der Waals surface area contributed by atoms with Crippen LogP contribution >= 0.6 is 0 Å². The van der Waals surface area contributed by atoms with E-state index in [1.165, 1.54) is 0 Å². The van der Waals surface area contributed by atoms with Gasteiger partial charge < -0.3 is 10.1 Å². The van der Waals surface area contributed by atoms with Gasteiger partial charge in [-0.1, -0.05) is 43.7 Å². The number of nitrogens with zero attached hydrogens (tertiary/aromatic N) is 1. The zero-order chi connectivity index (χ0) is 17.2. The number of esters is 1. The lowest BCUT2D eigenvalue weighted by Gasteiger charge is -2.31. The first-order chi connectivity index (χ1) is 11.7. The zero-order valence-electron chi connectivity index (χ0n) is 14.5. The van der Waals surface area contributed by atoms with Gasteiger partial charge in [0, 0.05) is 13.1 Å². The van der Waals surface area contributed by atoms with Crippen LogP contribution in [-0.2, 0) is 20.9 Å². The molecular weight excluding hydrogens is 304 g/mol. The van der Waals surface area contributed by atoms with Crippen LogP contribution in [0.1, 0.15) is 38.2 Å². The molecule has 0 bridgehead atoms. The van der Waals surface area contributed by atoms with Gasteiger partial charge in [-0.05, 0) is 31.4 Å².